The van der Waals surface area contributed by atoms with Crippen LogP contribution in [0.4, 0.5) is 0 Å². The molecule has 0 saturated heterocycles. The van der Waals surface area contributed by atoms with Crippen LogP contribution >= 0.6 is 11.6 Å². The zero-order chi connectivity index (χ0) is 11.1. The number of ether oxygens (including phenoxy) is 1. The van der Waals surface area contributed by atoms with Crippen molar-refractivity contribution in [1.29, 1.82) is 0 Å². The van der Waals surface area contributed by atoms with Crippen LogP contribution in [-0.4, -0.2) is 18.6 Å². The Labute approximate surface area is 98.5 Å². The second-order valence-corrected chi connectivity index (χ2v) is 6.53. The predicted molar refractivity (Wildman–Crippen MR) is 64.3 cm³/mol. The minimum Gasteiger partial charge on any atom is -0.379 e. The molecule has 2 heteroatoms. The number of alkyl halides is 1. The van der Waals surface area contributed by atoms with Crippen LogP contribution in [-0.2, 0) is 4.74 Å². The van der Waals surface area contributed by atoms with Crippen LogP contribution in [0.1, 0.15) is 46.0 Å². The molecular weight excluding hydrogens is 208 g/mol. The summed E-state index contributed by atoms with van der Waals surface area (Å²) in [5.41, 5.74) is 0.469. The van der Waals surface area contributed by atoms with E-state index >= 15 is 0 Å². The van der Waals surface area contributed by atoms with Gasteiger partial charge in [-0.15, -0.1) is 11.6 Å². The molecule has 0 heterocycles. The van der Waals surface area contributed by atoms with Gasteiger partial charge in [-0.3, -0.25) is 0 Å². The van der Waals surface area contributed by atoms with Crippen LogP contribution in [0.25, 0.3) is 0 Å². The molecular formula is C13H23ClO. The molecule has 0 N–H and O–H groups in total. The van der Waals surface area contributed by atoms with Crippen molar-refractivity contribution in [3.05, 3.63) is 0 Å². The van der Waals surface area contributed by atoms with E-state index in [9.17, 15) is 0 Å². The second-order valence-electron chi connectivity index (χ2n) is 6.26. The van der Waals surface area contributed by atoms with Crippen molar-refractivity contribution in [2.75, 3.05) is 13.0 Å². The molecule has 0 amide bonds. The van der Waals surface area contributed by atoms with E-state index in [1.54, 1.807) is 7.11 Å². The molecule has 0 spiro atoms. The van der Waals surface area contributed by atoms with Gasteiger partial charge in [-0.1, -0.05) is 0 Å². The second kappa shape index (κ2) is 3.92. The topological polar surface area (TPSA) is 9.23 Å². The fourth-order valence-electron chi connectivity index (χ4n) is 3.05. The fourth-order valence-corrected chi connectivity index (χ4v) is 3.41. The third-order valence-electron chi connectivity index (χ3n) is 4.55. The first-order valence-electron chi connectivity index (χ1n) is 6.11. The Balaban J connectivity index is 1.86. The van der Waals surface area contributed by atoms with Gasteiger partial charge in [-0.05, 0) is 63.2 Å². The van der Waals surface area contributed by atoms with Gasteiger partial charge in [0.25, 0.3) is 0 Å². The summed E-state index contributed by atoms with van der Waals surface area (Å²) < 4.78 is 5.48. The molecule has 15 heavy (non-hydrogen) atoms. The molecule has 1 nitrogen and oxygen atoms in total. The summed E-state index contributed by atoms with van der Waals surface area (Å²) in [6, 6.07) is 0. The molecule has 0 radical (unpaired) electrons. The molecule has 2 aliphatic rings. The zero-order valence-electron chi connectivity index (χ0n) is 10.2. The van der Waals surface area contributed by atoms with Crippen molar-refractivity contribution in [2.45, 2.75) is 51.6 Å². The van der Waals surface area contributed by atoms with Crippen molar-refractivity contribution >= 4 is 11.6 Å². The van der Waals surface area contributed by atoms with E-state index in [0.29, 0.717) is 5.41 Å². The van der Waals surface area contributed by atoms with Crippen molar-refractivity contribution in [3.8, 4) is 0 Å². The molecule has 0 aromatic heterocycles. The third-order valence-corrected chi connectivity index (χ3v) is 5.12. The van der Waals surface area contributed by atoms with Crippen molar-refractivity contribution in [1.82, 2.24) is 0 Å². The van der Waals surface area contributed by atoms with E-state index in [4.69, 9.17) is 16.3 Å². The number of halogens is 1. The van der Waals surface area contributed by atoms with Crippen molar-refractivity contribution in [3.63, 3.8) is 0 Å². The lowest BCUT2D eigenvalue weighted by molar-refractivity contribution is 0.00444. The van der Waals surface area contributed by atoms with Crippen molar-refractivity contribution in [2.24, 2.45) is 17.3 Å². The number of methoxy groups -OCH3 is 1. The van der Waals surface area contributed by atoms with Gasteiger partial charge in [0.05, 0.1) is 5.60 Å². The van der Waals surface area contributed by atoms with Gasteiger partial charge in [0.15, 0.2) is 0 Å². The standard InChI is InChI=1S/C13H23ClO/c1-12(2,15-3)4-5-13(9-14)7-10-6-11(10)8-13/h10-11H,4-9H2,1-3H3. The SMILES string of the molecule is COC(C)(C)CCC1(CCl)CC2CC2C1. The van der Waals surface area contributed by atoms with Crippen LogP contribution in [0, 0.1) is 17.3 Å². The van der Waals surface area contributed by atoms with Gasteiger partial charge in [-0.25, -0.2) is 0 Å². The van der Waals surface area contributed by atoms with Crippen LogP contribution < -0.4 is 0 Å². The molecule has 2 rings (SSSR count). The van der Waals surface area contributed by atoms with Crippen LogP contribution in [0.3, 0.4) is 0 Å². The highest BCUT2D eigenvalue weighted by atomic mass is 35.5. The van der Waals surface area contributed by atoms with Crippen LogP contribution in [0.5, 0.6) is 0 Å². The molecule has 0 aliphatic heterocycles. The zero-order valence-corrected chi connectivity index (χ0v) is 10.9. The van der Waals surface area contributed by atoms with E-state index in [1.165, 1.54) is 25.7 Å². The highest BCUT2D eigenvalue weighted by molar-refractivity contribution is 6.18. The average molecular weight is 231 g/mol. The van der Waals surface area contributed by atoms with Gasteiger partial charge in [0.1, 0.15) is 0 Å². The summed E-state index contributed by atoms with van der Waals surface area (Å²) in [6.45, 7) is 4.34. The lowest BCUT2D eigenvalue weighted by Crippen LogP contribution is -2.28. The normalized spacial score (nSPS) is 39.2. The Morgan fingerprint density at radius 2 is 1.93 bits per heavy atom. The smallest absolute Gasteiger partial charge is 0.0623 e. The first kappa shape index (κ1) is 11.7. The molecule has 0 bridgehead atoms. The summed E-state index contributed by atoms with van der Waals surface area (Å²) in [6.07, 6.45) is 6.61. The molecule has 2 saturated carbocycles. The van der Waals surface area contributed by atoms with Crippen molar-refractivity contribution < 1.29 is 4.74 Å². The maximum absolute atomic E-state index is 6.18. The Bertz CT molecular complexity index is 227. The minimum atomic E-state index is 0.0197. The summed E-state index contributed by atoms with van der Waals surface area (Å²) in [5, 5.41) is 0. The lowest BCUT2D eigenvalue weighted by atomic mass is 9.78. The number of fused-ring (bicyclic) bond motifs is 1. The summed E-state index contributed by atoms with van der Waals surface area (Å²) in [5.74, 6) is 2.89. The quantitative estimate of drug-likeness (QED) is 0.652. The molecule has 2 unspecified atom stereocenters. The van der Waals surface area contributed by atoms with E-state index in [-0.39, 0.29) is 5.60 Å². The highest BCUT2D eigenvalue weighted by Gasteiger charge is 2.53. The lowest BCUT2D eigenvalue weighted by Gasteiger charge is -2.32. The maximum atomic E-state index is 6.18. The number of rotatable bonds is 5. The van der Waals surface area contributed by atoms with Gasteiger partial charge in [0.2, 0.25) is 0 Å². The van der Waals surface area contributed by atoms with E-state index < -0.39 is 0 Å². The first-order chi connectivity index (χ1) is 7.00. The average Bonchev–Trinajstić information content (AvgIpc) is 2.84. The van der Waals surface area contributed by atoms with E-state index in [1.807, 2.05) is 0 Å². The third kappa shape index (κ3) is 2.50. The van der Waals surface area contributed by atoms with Gasteiger partial charge in [-0.2, -0.15) is 0 Å². The maximum Gasteiger partial charge on any atom is 0.0623 e. The molecule has 88 valence electrons. The summed E-state index contributed by atoms with van der Waals surface area (Å²) >= 11 is 6.18. The Morgan fingerprint density at radius 1 is 1.33 bits per heavy atom. The monoisotopic (exact) mass is 230 g/mol. The Kier molecular flexibility index (Phi) is 3.07. The van der Waals surface area contributed by atoms with Crippen LogP contribution in [0.2, 0.25) is 0 Å². The first-order valence-corrected chi connectivity index (χ1v) is 6.65. The number of hydrogen-bond donors (Lipinski definition) is 0. The fraction of sp³-hybridized carbons (Fsp3) is 1.00. The number of hydrogen-bond acceptors (Lipinski definition) is 1. The van der Waals surface area contributed by atoms with Gasteiger partial charge < -0.3 is 4.74 Å². The molecule has 2 atom stereocenters. The highest BCUT2D eigenvalue weighted by Crippen LogP contribution is 2.62. The summed E-state index contributed by atoms with van der Waals surface area (Å²) in [4.78, 5) is 0. The largest absolute Gasteiger partial charge is 0.379 e. The van der Waals surface area contributed by atoms with Gasteiger partial charge in [0, 0.05) is 13.0 Å². The Morgan fingerprint density at radius 3 is 2.40 bits per heavy atom. The minimum absolute atomic E-state index is 0.0197. The summed E-state index contributed by atoms with van der Waals surface area (Å²) in [7, 11) is 1.81. The molecule has 0 aromatic carbocycles. The molecule has 2 fully saturated rings. The molecule has 0 aromatic rings. The van der Waals surface area contributed by atoms with E-state index in [0.717, 1.165) is 24.1 Å². The van der Waals surface area contributed by atoms with Gasteiger partial charge >= 0.3 is 0 Å². The Hall–Kier alpha value is 0.250. The molecule has 2 aliphatic carbocycles. The predicted octanol–water partition coefficient (Wildman–Crippen LogP) is 3.85. The van der Waals surface area contributed by atoms with Crippen LogP contribution in [0.15, 0.2) is 0 Å². The van der Waals surface area contributed by atoms with E-state index in [2.05, 4.69) is 13.8 Å².